The number of fused-ring (bicyclic) bond motifs is 1. The molecule has 32 heavy (non-hydrogen) atoms. The first-order valence-electron chi connectivity index (χ1n) is 11.3. The van der Waals surface area contributed by atoms with Crippen molar-refractivity contribution in [1.29, 1.82) is 0 Å². The number of allylic oxidation sites excluding steroid dienone is 1. The zero-order chi connectivity index (χ0) is 22.1. The van der Waals surface area contributed by atoms with Gasteiger partial charge in [-0.2, -0.15) is 0 Å². The van der Waals surface area contributed by atoms with E-state index in [-0.39, 0.29) is 17.7 Å². The van der Waals surface area contributed by atoms with E-state index in [4.69, 9.17) is 9.15 Å². The van der Waals surface area contributed by atoms with Crippen LogP contribution in [0.5, 0.6) is 5.75 Å². The number of aryl methyl sites for hydroxylation is 1. The van der Waals surface area contributed by atoms with E-state index in [1.54, 1.807) is 0 Å². The topological polar surface area (TPSA) is 63.5 Å². The smallest absolute Gasteiger partial charge is 0.163 e. The van der Waals surface area contributed by atoms with Crippen molar-refractivity contribution in [1.82, 2.24) is 0 Å². The van der Waals surface area contributed by atoms with E-state index in [2.05, 4.69) is 29.7 Å². The van der Waals surface area contributed by atoms with Crippen molar-refractivity contribution in [2.45, 2.75) is 45.1 Å². The molecule has 1 aromatic heterocycles. The number of furan rings is 1. The molecular formula is C27H28N2O3. The van der Waals surface area contributed by atoms with Gasteiger partial charge >= 0.3 is 0 Å². The number of anilines is 2. The van der Waals surface area contributed by atoms with Crippen molar-refractivity contribution in [2.24, 2.45) is 0 Å². The minimum Gasteiger partial charge on any atom is -0.494 e. The quantitative estimate of drug-likeness (QED) is 0.495. The molecule has 2 aliphatic rings. The highest BCUT2D eigenvalue weighted by molar-refractivity contribution is 6.01. The molecule has 5 heteroatoms. The fourth-order valence-electron chi connectivity index (χ4n) is 4.61. The number of ether oxygens (including phenoxy) is 1. The van der Waals surface area contributed by atoms with Crippen molar-refractivity contribution in [2.75, 3.05) is 17.2 Å². The molecule has 0 fully saturated rings. The van der Waals surface area contributed by atoms with Crippen LogP contribution in [0.4, 0.5) is 11.4 Å². The van der Waals surface area contributed by atoms with Crippen LogP contribution < -0.4 is 15.4 Å². The number of carbonyl (C=O) groups excluding carboxylic acids is 1. The van der Waals surface area contributed by atoms with Gasteiger partial charge in [0, 0.05) is 17.7 Å². The van der Waals surface area contributed by atoms with Gasteiger partial charge in [0.05, 0.1) is 18.0 Å². The second-order valence-electron chi connectivity index (χ2n) is 8.53. The Morgan fingerprint density at radius 2 is 1.78 bits per heavy atom. The third-order valence-corrected chi connectivity index (χ3v) is 6.18. The first-order valence-corrected chi connectivity index (χ1v) is 11.3. The highest BCUT2D eigenvalue weighted by atomic mass is 16.5. The maximum Gasteiger partial charge on any atom is 0.163 e. The number of carbonyl (C=O) groups is 1. The monoisotopic (exact) mass is 428 g/mol. The van der Waals surface area contributed by atoms with Gasteiger partial charge in [-0.15, -0.1) is 0 Å². The Bertz CT molecular complexity index is 1160. The van der Waals surface area contributed by atoms with Crippen molar-refractivity contribution in [3.05, 3.63) is 89.0 Å². The van der Waals surface area contributed by atoms with E-state index in [0.29, 0.717) is 13.0 Å². The summed E-state index contributed by atoms with van der Waals surface area (Å²) in [5, 5.41) is 7.12. The molecule has 3 aromatic rings. The van der Waals surface area contributed by atoms with Crippen LogP contribution >= 0.6 is 0 Å². The number of benzene rings is 2. The first-order chi connectivity index (χ1) is 15.6. The molecule has 2 aromatic carbocycles. The molecule has 0 amide bonds. The lowest BCUT2D eigenvalue weighted by Gasteiger charge is -2.29. The number of nitrogens with one attached hydrogen (secondary N) is 2. The predicted octanol–water partition coefficient (Wildman–Crippen LogP) is 6.36. The highest BCUT2D eigenvalue weighted by Gasteiger charge is 2.37. The Hall–Kier alpha value is -3.47. The van der Waals surface area contributed by atoms with Crippen LogP contribution in [-0.2, 0) is 4.79 Å². The summed E-state index contributed by atoms with van der Waals surface area (Å²) in [5.74, 6) is 2.74. The van der Waals surface area contributed by atoms with Gasteiger partial charge in [0.2, 0.25) is 0 Å². The molecule has 5 nitrogen and oxygen atoms in total. The first kappa shape index (κ1) is 20.4. The van der Waals surface area contributed by atoms with Crippen LogP contribution in [0, 0.1) is 6.92 Å². The standard InChI is InChI=1S/C27H28N2O3/c1-3-14-31-20-11-9-18(10-12-20)19-15-23-26(24(30)16-19)27(25-13-8-17(2)32-25)29-22-7-5-4-6-21(22)28-23/h4-13,19,27-29H,3,14-16H2,1-2H3. The summed E-state index contributed by atoms with van der Waals surface area (Å²) in [4.78, 5) is 13.5. The molecule has 2 heterocycles. The summed E-state index contributed by atoms with van der Waals surface area (Å²) in [7, 11) is 0. The summed E-state index contributed by atoms with van der Waals surface area (Å²) in [6.07, 6.45) is 2.22. The van der Waals surface area contributed by atoms with Gasteiger partial charge in [0.25, 0.3) is 0 Å². The minimum atomic E-state index is -0.312. The van der Waals surface area contributed by atoms with E-state index in [1.807, 2.05) is 55.5 Å². The van der Waals surface area contributed by atoms with Gasteiger partial charge < -0.3 is 19.8 Å². The number of rotatable bonds is 5. The van der Waals surface area contributed by atoms with E-state index >= 15 is 0 Å². The van der Waals surface area contributed by atoms with Gasteiger partial charge in [-0.1, -0.05) is 31.2 Å². The number of para-hydroxylation sites is 2. The molecule has 2 atom stereocenters. The van der Waals surface area contributed by atoms with Crippen LogP contribution in [0.2, 0.25) is 0 Å². The van der Waals surface area contributed by atoms with Crippen LogP contribution in [0.15, 0.2) is 76.4 Å². The molecule has 1 aliphatic heterocycles. The van der Waals surface area contributed by atoms with E-state index in [9.17, 15) is 4.79 Å². The molecule has 164 valence electrons. The summed E-state index contributed by atoms with van der Waals surface area (Å²) in [5.41, 5.74) is 4.83. The predicted molar refractivity (Wildman–Crippen MR) is 126 cm³/mol. The fourth-order valence-corrected chi connectivity index (χ4v) is 4.61. The number of hydrogen-bond acceptors (Lipinski definition) is 5. The van der Waals surface area contributed by atoms with Gasteiger partial charge in [-0.25, -0.2) is 0 Å². The fraction of sp³-hybridized carbons (Fsp3) is 0.296. The summed E-state index contributed by atoms with van der Waals surface area (Å²) in [6.45, 7) is 4.73. The van der Waals surface area contributed by atoms with Crippen molar-refractivity contribution in [3.63, 3.8) is 0 Å². The summed E-state index contributed by atoms with van der Waals surface area (Å²) >= 11 is 0. The lowest BCUT2D eigenvalue weighted by molar-refractivity contribution is -0.116. The molecule has 0 radical (unpaired) electrons. The summed E-state index contributed by atoms with van der Waals surface area (Å²) < 4.78 is 11.7. The number of hydrogen-bond donors (Lipinski definition) is 2. The molecular weight excluding hydrogens is 400 g/mol. The average molecular weight is 429 g/mol. The van der Waals surface area contributed by atoms with Gasteiger partial charge in [-0.05, 0) is 67.6 Å². The zero-order valence-electron chi connectivity index (χ0n) is 18.5. The third-order valence-electron chi connectivity index (χ3n) is 6.18. The average Bonchev–Trinajstić information content (AvgIpc) is 3.15. The Balaban J connectivity index is 1.50. The molecule has 5 rings (SSSR count). The lowest BCUT2D eigenvalue weighted by Crippen LogP contribution is -2.26. The largest absolute Gasteiger partial charge is 0.494 e. The minimum absolute atomic E-state index is 0.123. The number of Topliss-reactive ketones (excluding diaryl/α,β-unsaturated/α-hetero) is 1. The number of ketones is 1. The molecule has 0 bridgehead atoms. The summed E-state index contributed by atoms with van der Waals surface area (Å²) in [6, 6.07) is 19.8. The molecule has 0 spiro atoms. The maximum absolute atomic E-state index is 13.5. The van der Waals surface area contributed by atoms with E-state index < -0.39 is 0 Å². The Labute approximate surface area is 188 Å². The van der Waals surface area contributed by atoms with E-state index in [0.717, 1.165) is 58.3 Å². The SMILES string of the molecule is CCCOc1ccc(C2CC(=O)C3=C(C2)Nc2ccccc2NC3c2ccc(C)o2)cc1. The van der Waals surface area contributed by atoms with Gasteiger partial charge in [-0.3, -0.25) is 4.79 Å². The molecule has 2 unspecified atom stereocenters. The zero-order valence-corrected chi connectivity index (χ0v) is 18.5. The maximum atomic E-state index is 13.5. The van der Waals surface area contributed by atoms with Crippen molar-refractivity contribution in [3.8, 4) is 5.75 Å². The van der Waals surface area contributed by atoms with Crippen LogP contribution in [-0.4, -0.2) is 12.4 Å². The normalized spacial score (nSPS) is 20.0. The second kappa shape index (κ2) is 8.58. The molecule has 2 N–H and O–H groups in total. The van der Waals surface area contributed by atoms with Crippen LogP contribution in [0.3, 0.4) is 0 Å². The molecule has 0 saturated carbocycles. The van der Waals surface area contributed by atoms with Crippen molar-refractivity contribution < 1.29 is 13.9 Å². The highest BCUT2D eigenvalue weighted by Crippen LogP contribution is 2.44. The van der Waals surface area contributed by atoms with Gasteiger partial charge in [0.15, 0.2) is 5.78 Å². The third kappa shape index (κ3) is 3.91. The Morgan fingerprint density at radius 1 is 1.00 bits per heavy atom. The van der Waals surface area contributed by atoms with Gasteiger partial charge in [0.1, 0.15) is 23.3 Å². The van der Waals surface area contributed by atoms with Crippen LogP contribution in [0.25, 0.3) is 0 Å². The van der Waals surface area contributed by atoms with Crippen molar-refractivity contribution >= 4 is 17.2 Å². The second-order valence-corrected chi connectivity index (χ2v) is 8.53. The lowest BCUT2D eigenvalue weighted by atomic mass is 9.79. The molecule has 0 saturated heterocycles. The Morgan fingerprint density at radius 3 is 2.50 bits per heavy atom. The van der Waals surface area contributed by atoms with E-state index in [1.165, 1.54) is 0 Å². The Kier molecular flexibility index (Phi) is 5.48. The molecule has 1 aliphatic carbocycles. The van der Waals surface area contributed by atoms with Crippen LogP contribution in [0.1, 0.15) is 55.2 Å².